The minimum absolute atomic E-state index is 0.209. The smallest absolute Gasteiger partial charge is 0.150 e. The predicted octanol–water partition coefficient (Wildman–Crippen LogP) is 5.55. The predicted molar refractivity (Wildman–Crippen MR) is 102 cm³/mol. The molecule has 2 nitrogen and oxygen atoms in total. The van der Waals surface area contributed by atoms with E-state index >= 15 is 0 Å². The first-order valence-corrected chi connectivity index (χ1v) is 9.53. The molecule has 2 aliphatic rings. The number of rotatable bonds is 2. The molecule has 0 saturated carbocycles. The van der Waals surface area contributed by atoms with Gasteiger partial charge in [-0.1, -0.05) is 11.6 Å². The Morgan fingerprint density at radius 1 is 0.731 bits per heavy atom. The van der Waals surface area contributed by atoms with Crippen LogP contribution < -0.4 is 0 Å². The average Bonchev–Trinajstić information content (AvgIpc) is 2.68. The van der Waals surface area contributed by atoms with E-state index in [1.807, 2.05) is 12.1 Å². The van der Waals surface area contributed by atoms with Crippen LogP contribution in [0.1, 0.15) is 68.7 Å². The van der Waals surface area contributed by atoms with Gasteiger partial charge >= 0.3 is 0 Å². The number of carbonyl (C=O) groups is 2. The van der Waals surface area contributed by atoms with Crippen LogP contribution in [0.15, 0.2) is 24.3 Å². The number of hydrogen-bond donors (Lipinski definition) is 0. The molecule has 0 bridgehead atoms. The molecule has 0 N–H and O–H groups in total. The van der Waals surface area contributed by atoms with Gasteiger partial charge in [-0.25, -0.2) is 4.39 Å². The Morgan fingerprint density at radius 3 is 1.85 bits per heavy atom. The van der Waals surface area contributed by atoms with Gasteiger partial charge in [0, 0.05) is 16.1 Å². The van der Waals surface area contributed by atoms with E-state index in [0.29, 0.717) is 17.4 Å². The summed E-state index contributed by atoms with van der Waals surface area (Å²) in [5.41, 5.74) is 5.51. The zero-order valence-corrected chi connectivity index (χ0v) is 15.4. The molecule has 0 amide bonds. The zero-order chi connectivity index (χ0) is 18.5. The van der Waals surface area contributed by atoms with Crippen LogP contribution in [-0.2, 0) is 25.7 Å². The van der Waals surface area contributed by atoms with Crippen molar-refractivity contribution in [2.45, 2.75) is 51.4 Å². The first kappa shape index (κ1) is 18.8. The topological polar surface area (TPSA) is 34.1 Å². The molecule has 4 rings (SSSR count). The van der Waals surface area contributed by atoms with Crippen LogP contribution in [0.3, 0.4) is 0 Å². The number of aldehydes is 2. The van der Waals surface area contributed by atoms with Gasteiger partial charge in [0.15, 0.2) is 0 Å². The minimum atomic E-state index is -0.209. The lowest BCUT2D eigenvalue weighted by molar-refractivity contribution is 0.111. The highest BCUT2D eigenvalue weighted by molar-refractivity contribution is 6.31. The molecular formula is C22H22ClFO2. The molecule has 2 aromatic carbocycles. The van der Waals surface area contributed by atoms with Gasteiger partial charge in [-0.15, -0.1) is 0 Å². The van der Waals surface area contributed by atoms with Crippen molar-refractivity contribution in [3.63, 3.8) is 0 Å². The molecule has 4 heteroatoms. The third-order valence-corrected chi connectivity index (χ3v) is 5.48. The van der Waals surface area contributed by atoms with Gasteiger partial charge in [-0.05, 0) is 97.9 Å². The molecule has 0 radical (unpaired) electrons. The van der Waals surface area contributed by atoms with E-state index in [0.717, 1.165) is 61.0 Å². The lowest BCUT2D eigenvalue weighted by atomic mass is 9.90. The molecule has 0 fully saturated rings. The molecule has 136 valence electrons. The molecule has 0 spiro atoms. The average molecular weight is 373 g/mol. The van der Waals surface area contributed by atoms with E-state index < -0.39 is 0 Å². The molecule has 2 aliphatic carbocycles. The Kier molecular flexibility index (Phi) is 6.20. The molecule has 0 saturated heterocycles. The number of halogens is 2. The van der Waals surface area contributed by atoms with Gasteiger partial charge in [0.05, 0.1) is 0 Å². The van der Waals surface area contributed by atoms with Crippen molar-refractivity contribution in [3.8, 4) is 0 Å². The monoisotopic (exact) mass is 372 g/mol. The molecule has 0 aromatic heterocycles. The van der Waals surface area contributed by atoms with E-state index in [9.17, 15) is 14.0 Å². The molecule has 0 unspecified atom stereocenters. The SMILES string of the molecule is O=Cc1cc(Cl)c2c(c1)CCCC2.O=Cc1cc(F)c2c(c1)CCCC2. The summed E-state index contributed by atoms with van der Waals surface area (Å²) in [5, 5.41) is 0.763. The summed E-state index contributed by atoms with van der Waals surface area (Å²) < 4.78 is 13.4. The van der Waals surface area contributed by atoms with E-state index in [2.05, 4.69) is 0 Å². The summed E-state index contributed by atoms with van der Waals surface area (Å²) in [4.78, 5) is 21.1. The number of fused-ring (bicyclic) bond motifs is 2. The van der Waals surface area contributed by atoms with Gasteiger partial charge in [0.2, 0.25) is 0 Å². The first-order valence-electron chi connectivity index (χ1n) is 9.15. The van der Waals surface area contributed by atoms with Crippen LogP contribution >= 0.6 is 11.6 Å². The summed E-state index contributed by atoms with van der Waals surface area (Å²) >= 11 is 6.07. The van der Waals surface area contributed by atoms with Crippen LogP contribution in [0.4, 0.5) is 4.39 Å². The standard InChI is InChI=1S/C11H11ClO.C11H11FO/c2*12-11-6-8(7-13)5-9-3-1-2-4-10(9)11/h2*5-7H,1-4H2. The van der Waals surface area contributed by atoms with Crippen molar-refractivity contribution < 1.29 is 14.0 Å². The maximum Gasteiger partial charge on any atom is 0.150 e. The van der Waals surface area contributed by atoms with Crippen LogP contribution in [0, 0.1) is 5.82 Å². The Labute approximate surface area is 158 Å². The van der Waals surface area contributed by atoms with Crippen LogP contribution in [-0.4, -0.2) is 12.6 Å². The van der Waals surface area contributed by atoms with Crippen molar-refractivity contribution in [2.75, 3.05) is 0 Å². The highest BCUT2D eigenvalue weighted by Gasteiger charge is 2.14. The van der Waals surface area contributed by atoms with Crippen molar-refractivity contribution in [1.82, 2.24) is 0 Å². The Hall–Kier alpha value is -2.00. The second-order valence-electron chi connectivity index (χ2n) is 6.93. The molecular weight excluding hydrogens is 351 g/mol. The van der Waals surface area contributed by atoms with Gasteiger partial charge in [-0.3, -0.25) is 9.59 Å². The van der Waals surface area contributed by atoms with E-state index in [1.165, 1.54) is 30.0 Å². The summed E-state index contributed by atoms with van der Waals surface area (Å²) in [5.74, 6) is -0.209. The Balaban J connectivity index is 0.000000151. The van der Waals surface area contributed by atoms with E-state index in [1.54, 1.807) is 6.07 Å². The Morgan fingerprint density at radius 2 is 1.23 bits per heavy atom. The Bertz CT molecular complexity index is 760. The summed E-state index contributed by atoms with van der Waals surface area (Å²) in [6.07, 6.45) is 10.0. The van der Waals surface area contributed by atoms with E-state index in [4.69, 9.17) is 11.6 Å². The van der Waals surface area contributed by atoms with E-state index in [-0.39, 0.29) is 5.82 Å². The van der Waals surface area contributed by atoms with Gasteiger partial charge in [0.25, 0.3) is 0 Å². The fourth-order valence-corrected chi connectivity index (χ4v) is 4.15. The quantitative estimate of drug-likeness (QED) is 0.648. The number of carbonyl (C=O) groups excluding carboxylic acids is 2. The lowest BCUT2D eigenvalue weighted by Gasteiger charge is -2.17. The highest BCUT2D eigenvalue weighted by atomic mass is 35.5. The van der Waals surface area contributed by atoms with Crippen molar-refractivity contribution in [3.05, 3.63) is 68.5 Å². The molecule has 0 aliphatic heterocycles. The first-order chi connectivity index (χ1) is 12.6. The molecule has 2 aromatic rings. The number of benzene rings is 2. The fourth-order valence-electron chi connectivity index (χ4n) is 3.81. The number of aryl methyl sites for hydroxylation is 2. The second kappa shape index (κ2) is 8.59. The second-order valence-corrected chi connectivity index (χ2v) is 7.34. The summed E-state index contributed by atoms with van der Waals surface area (Å²) in [7, 11) is 0. The summed E-state index contributed by atoms with van der Waals surface area (Å²) in [6, 6.07) is 6.87. The van der Waals surface area contributed by atoms with Crippen molar-refractivity contribution in [1.29, 1.82) is 0 Å². The zero-order valence-electron chi connectivity index (χ0n) is 14.7. The van der Waals surface area contributed by atoms with Crippen molar-refractivity contribution >= 4 is 24.2 Å². The van der Waals surface area contributed by atoms with Crippen LogP contribution in [0.2, 0.25) is 5.02 Å². The largest absolute Gasteiger partial charge is 0.298 e. The fraction of sp³-hybridized carbons (Fsp3) is 0.364. The van der Waals surface area contributed by atoms with Crippen LogP contribution in [0.5, 0.6) is 0 Å². The molecule has 26 heavy (non-hydrogen) atoms. The normalized spacial score (nSPS) is 15.2. The van der Waals surface area contributed by atoms with Crippen LogP contribution in [0.25, 0.3) is 0 Å². The molecule has 0 atom stereocenters. The highest BCUT2D eigenvalue weighted by Crippen LogP contribution is 2.29. The van der Waals surface area contributed by atoms with Gasteiger partial charge in [-0.2, -0.15) is 0 Å². The minimum Gasteiger partial charge on any atom is -0.298 e. The maximum atomic E-state index is 13.4. The maximum absolute atomic E-state index is 13.4. The summed E-state index contributed by atoms with van der Waals surface area (Å²) in [6.45, 7) is 0. The third kappa shape index (κ3) is 4.21. The third-order valence-electron chi connectivity index (χ3n) is 5.14. The number of hydrogen-bond acceptors (Lipinski definition) is 2. The van der Waals surface area contributed by atoms with Gasteiger partial charge in [0.1, 0.15) is 18.4 Å². The van der Waals surface area contributed by atoms with Gasteiger partial charge < -0.3 is 0 Å². The lowest BCUT2D eigenvalue weighted by Crippen LogP contribution is -2.06. The van der Waals surface area contributed by atoms with Crippen molar-refractivity contribution in [2.24, 2.45) is 0 Å². The molecule has 0 heterocycles.